The Bertz CT molecular complexity index is 288. The lowest BCUT2D eigenvalue weighted by Gasteiger charge is -2.61. The van der Waals surface area contributed by atoms with Gasteiger partial charge in [0.1, 0.15) is 6.29 Å². The first-order valence-electron chi connectivity index (χ1n) is 5.99. The van der Waals surface area contributed by atoms with Crippen LogP contribution in [0.3, 0.4) is 0 Å². The molecule has 0 aromatic rings. The summed E-state index contributed by atoms with van der Waals surface area (Å²) in [5.41, 5.74) is 5.39. The van der Waals surface area contributed by atoms with Crippen molar-refractivity contribution < 1.29 is 9.90 Å². The number of nitrogens with two attached hydrogens (primary N) is 1. The van der Waals surface area contributed by atoms with Crippen LogP contribution in [0.15, 0.2) is 0 Å². The van der Waals surface area contributed by atoms with E-state index in [0.29, 0.717) is 11.8 Å². The minimum absolute atomic E-state index is 0.0689. The second-order valence-corrected chi connectivity index (χ2v) is 6.21. The highest BCUT2D eigenvalue weighted by atomic mass is 16.3. The third-order valence-corrected chi connectivity index (χ3v) is 4.93. The average molecular weight is 209 g/mol. The van der Waals surface area contributed by atoms with E-state index in [1.807, 2.05) is 0 Å². The van der Waals surface area contributed by atoms with Crippen molar-refractivity contribution in [2.75, 3.05) is 0 Å². The first kappa shape index (κ1) is 9.79. The van der Waals surface area contributed by atoms with Crippen LogP contribution >= 0.6 is 0 Å². The molecule has 3 nitrogen and oxygen atoms in total. The van der Waals surface area contributed by atoms with Crippen LogP contribution in [0.5, 0.6) is 0 Å². The SMILES string of the molecule is NC(C=O)C12C[C@@H]3C[C@H](CC(O)(C3)C1)C2. The van der Waals surface area contributed by atoms with Gasteiger partial charge in [-0.25, -0.2) is 0 Å². The molecule has 1 unspecified atom stereocenters. The summed E-state index contributed by atoms with van der Waals surface area (Å²) in [7, 11) is 0. The van der Waals surface area contributed by atoms with Crippen molar-refractivity contribution in [3.8, 4) is 0 Å². The van der Waals surface area contributed by atoms with Crippen LogP contribution in [0.1, 0.15) is 38.5 Å². The van der Waals surface area contributed by atoms with Crippen LogP contribution in [0.2, 0.25) is 0 Å². The average Bonchev–Trinajstić information content (AvgIpc) is 2.12. The fraction of sp³-hybridized carbons (Fsp3) is 0.917. The third-order valence-electron chi connectivity index (χ3n) is 4.93. The molecule has 4 saturated carbocycles. The Kier molecular flexibility index (Phi) is 1.85. The smallest absolute Gasteiger partial charge is 0.137 e. The van der Waals surface area contributed by atoms with E-state index in [2.05, 4.69) is 0 Å². The highest BCUT2D eigenvalue weighted by Crippen LogP contribution is 2.62. The van der Waals surface area contributed by atoms with Gasteiger partial charge in [0, 0.05) is 0 Å². The van der Waals surface area contributed by atoms with Crippen LogP contribution in [-0.2, 0) is 4.79 Å². The van der Waals surface area contributed by atoms with Gasteiger partial charge in [-0.15, -0.1) is 0 Å². The second-order valence-electron chi connectivity index (χ2n) is 6.21. The monoisotopic (exact) mass is 209 g/mol. The van der Waals surface area contributed by atoms with Crippen molar-refractivity contribution >= 4 is 6.29 Å². The minimum atomic E-state index is -0.495. The van der Waals surface area contributed by atoms with Crippen molar-refractivity contribution in [3.63, 3.8) is 0 Å². The van der Waals surface area contributed by atoms with Gasteiger partial charge in [0.15, 0.2) is 0 Å². The zero-order valence-corrected chi connectivity index (χ0v) is 8.98. The summed E-state index contributed by atoms with van der Waals surface area (Å²) in [4.78, 5) is 10.9. The predicted molar refractivity (Wildman–Crippen MR) is 56.1 cm³/mol. The second kappa shape index (κ2) is 2.83. The van der Waals surface area contributed by atoms with Crippen LogP contribution in [0.25, 0.3) is 0 Å². The van der Waals surface area contributed by atoms with Gasteiger partial charge < -0.3 is 15.6 Å². The molecular formula is C12H19NO2. The largest absolute Gasteiger partial charge is 0.390 e. The van der Waals surface area contributed by atoms with Gasteiger partial charge in [-0.1, -0.05) is 0 Å². The number of aliphatic hydroxyl groups is 1. The Hall–Kier alpha value is -0.410. The summed E-state index contributed by atoms with van der Waals surface area (Å²) in [5, 5.41) is 10.4. The first-order valence-corrected chi connectivity index (χ1v) is 5.99. The van der Waals surface area contributed by atoms with E-state index in [0.717, 1.165) is 38.4 Å². The van der Waals surface area contributed by atoms with E-state index in [9.17, 15) is 9.90 Å². The van der Waals surface area contributed by atoms with Gasteiger partial charge in [-0.2, -0.15) is 0 Å². The fourth-order valence-electron chi connectivity index (χ4n) is 4.82. The van der Waals surface area contributed by atoms with Gasteiger partial charge >= 0.3 is 0 Å². The maximum Gasteiger partial charge on any atom is 0.137 e. The lowest BCUT2D eigenvalue weighted by Crippen LogP contribution is -2.61. The van der Waals surface area contributed by atoms with E-state index in [4.69, 9.17) is 5.73 Å². The van der Waals surface area contributed by atoms with Crippen LogP contribution in [-0.4, -0.2) is 23.0 Å². The lowest BCUT2D eigenvalue weighted by molar-refractivity contribution is -0.170. The van der Waals surface area contributed by atoms with Crippen molar-refractivity contribution in [2.45, 2.75) is 50.2 Å². The van der Waals surface area contributed by atoms with E-state index < -0.39 is 5.60 Å². The van der Waals surface area contributed by atoms with Gasteiger partial charge in [-0.05, 0) is 55.8 Å². The van der Waals surface area contributed by atoms with Gasteiger partial charge in [-0.3, -0.25) is 0 Å². The number of carbonyl (C=O) groups excluding carboxylic acids is 1. The van der Waals surface area contributed by atoms with Crippen molar-refractivity contribution in [2.24, 2.45) is 23.0 Å². The number of carbonyl (C=O) groups is 1. The quantitative estimate of drug-likeness (QED) is 0.662. The molecule has 0 heterocycles. The number of hydrogen-bond donors (Lipinski definition) is 2. The molecule has 15 heavy (non-hydrogen) atoms. The Balaban J connectivity index is 1.95. The summed E-state index contributed by atoms with van der Waals surface area (Å²) in [5.74, 6) is 1.23. The highest BCUT2D eigenvalue weighted by molar-refractivity contribution is 5.59. The molecule has 0 aromatic heterocycles. The summed E-state index contributed by atoms with van der Waals surface area (Å²) >= 11 is 0. The minimum Gasteiger partial charge on any atom is -0.390 e. The molecule has 0 aromatic carbocycles. The zero-order chi connectivity index (χ0) is 10.7. The molecule has 4 rings (SSSR count). The summed E-state index contributed by atoms with van der Waals surface area (Å²) in [6, 6.07) is -0.366. The van der Waals surface area contributed by atoms with Gasteiger partial charge in [0.2, 0.25) is 0 Å². The summed E-state index contributed by atoms with van der Waals surface area (Å²) in [6.45, 7) is 0. The summed E-state index contributed by atoms with van der Waals surface area (Å²) < 4.78 is 0. The van der Waals surface area contributed by atoms with Crippen LogP contribution in [0, 0.1) is 17.3 Å². The van der Waals surface area contributed by atoms with E-state index in [1.165, 1.54) is 6.42 Å². The molecule has 0 aliphatic heterocycles. The molecule has 4 fully saturated rings. The molecule has 3 atom stereocenters. The van der Waals surface area contributed by atoms with Gasteiger partial charge in [0.25, 0.3) is 0 Å². The molecule has 3 heteroatoms. The summed E-state index contributed by atoms with van der Waals surface area (Å²) in [6.07, 6.45) is 6.89. The van der Waals surface area contributed by atoms with Gasteiger partial charge in [0.05, 0.1) is 11.6 Å². The highest BCUT2D eigenvalue weighted by Gasteiger charge is 2.58. The van der Waals surface area contributed by atoms with Crippen molar-refractivity contribution in [3.05, 3.63) is 0 Å². The van der Waals surface area contributed by atoms with Crippen LogP contribution < -0.4 is 5.73 Å². The topological polar surface area (TPSA) is 63.3 Å². The zero-order valence-electron chi connectivity index (χ0n) is 8.98. The normalized spacial score (nSPS) is 54.3. The Morgan fingerprint density at radius 1 is 1.27 bits per heavy atom. The lowest BCUT2D eigenvalue weighted by atomic mass is 9.46. The Morgan fingerprint density at radius 3 is 2.33 bits per heavy atom. The molecule has 0 spiro atoms. The predicted octanol–water partition coefficient (Wildman–Crippen LogP) is 0.844. The standard InChI is InChI=1S/C12H19NO2/c13-10(6-14)11-2-8-1-9(3-11)5-12(15,4-8)7-11/h6,8-10,15H,1-5,7,13H2/t8-,9-,10?,11?,12?/m0/s1. The van der Waals surface area contributed by atoms with Crippen molar-refractivity contribution in [1.29, 1.82) is 0 Å². The number of aldehydes is 1. The van der Waals surface area contributed by atoms with E-state index in [-0.39, 0.29) is 11.5 Å². The molecule has 3 N–H and O–H groups in total. The maximum absolute atomic E-state index is 10.9. The Labute approximate surface area is 90.0 Å². The third kappa shape index (κ3) is 1.29. The molecule has 4 aliphatic rings. The van der Waals surface area contributed by atoms with E-state index in [1.54, 1.807) is 0 Å². The van der Waals surface area contributed by atoms with Crippen molar-refractivity contribution in [1.82, 2.24) is 0 Å². The molecule has 84 valence electrons. The first-order chi connectivity index (χ1) is 7.05. The molecule has 0 saturated heterocycles. The molecule has 0 amide bonds. The molecule has 4 bridgehead atoms. The maximum atomic E-state index is 10.9. The molecular weight excluding hydrogens is 190 g/mol. The Morgan fingerprint density at radius 2 is 1.87 bits per heavy atom. The molecule has 0 radical (unpaired) electrons. The number of rotatable bonds is 2. The number of hydrogen-bond acceptors (Lipinski definition) is 3. The molecule has 4 aliphatic carbocycles. The van der Waals surface area contributed by atoms with E-state index >= 15 is 0 Å². The van der Waals surface area contributed by atoms with Crippen LogP contribution in [0.4, 0.5) is 0 Å². The fourth-order valence-corrected chi connectivity index (χ4v) is 4.82.